The van der Waals surface area contributed by atoms with E-state index in [1.54, 1.807) is 0 Å². The van der Waals surface area contributed by atoms with Crippen molar-refractivity contribution in [3.63, 3.8) is 0 Å². The first-order valence-electron chi connectivity index (χ1n) is 13.8. The molecule has 4 N–H and O–H groups in total. The largest absolute Gasteiger partial charge is 0.394 e. The molecule has 212 valence electrons. The number of rotatable bonds is 6. The van der Waals surface area contributed by atoms with E-state index < -0.39 is 16.8 Å². The van der Waals surface area contributed by atoms with Crippen LogP contribution in [-0.4, -0.2) is 22.4 Å². The smallest absolute Gasteiger partial charge is 0.287 e. The number of carbonyl (C=O) groups excluding carboxylic acids is 1. The lowest BCUT2D eigenvalue weighted by molar-refractivity contribution is 0.0940. The normalized spacial score (nSPS) is 12.9. The van der Waals surface area contributed by atoms with Crippen LogP contribution in [0, 0.1) is 0 Å². The van der Waals surface area contributed by atoms with Crippen LogP contribution in [0.15, 0.2) is 92.6 Å². The number of hydrogen-bond donors (Lipinski definition) is 3. The highest BCUT2D eigenvalue weighted by Crippen LogP contribution is 2.32. The number of amides is 1. The molecular weight excluding hydrogens is 562 g/mol. The van der Waals surface area contributed by atoms with Crippen molar-refractivity contribution in [2.45, 2.75) is 19.5 Å². The molecule has 1 aliphatic rings. The molecule has 0 saturated heterocycles. The quantitative estimate of drug-likeness (QED) is 0.251. The van der Waals surface area contributed by atoms with Crippen LogP contribution >= 0.6 is 11.3 Å². The van der Waals surface area contributed by atoms with Crippen LogP contribution in [0.5, 0.6) is 0 Å². The van der Waals surface area contributed by atoms with Crippen molar-refractivity contribution in [2.24, 2.45) is 0 Å². The topological polar surface area (TPSA) is 138 Å². The van der Waals surface area contributed by atoms with Gasteiger partial charge < -0.3 is 20.9 Å². The summed E-state index contributed by atoms with van der Waals surface area (Å²) in [5.41, 5.74) is 11.4. The molecule has 10 heteroatoms. The number of nitrogens with one attached hydrogen (secondary N) is 2. The van der Waals surface area contributed by atoms with Gasteiger partial charge in [0, 0.05) is 30.6 Å². The maximum Gasteiger partial charge on any atom is 0.287 e. The number of benzene rings is 3. The zero-order valence-corrected chi connectivity index (χ0v) is 23.7. The molecule has 4 aromatic carbocycles. The standard InChI is InChI=1S/C33H25N5O4S/c34-26-27(29(40)28(26)39)38-13-12-21-7-6-18(14-23(21)16-38)15-35-32(42)30-36-31(41)25-24(17-43-33(25)37-30)22-10-8-20(9-11-22)19-4-2-1-3-5-19/h1-11,14,17H,12-13,15-16,34H2,(H,35,42)(H,36,37,41). The number of carbonyl (C=O) groups is 1. The van der Waals surface area contributed by atoms with Gasteiger partial charge in [-0.15, -0.1) is 11.3 Å². The van der Waals surface area contributed by atoms with Gasteiger partial charge in [0.15, 0.2) is 0 Å². The van der Waals surface area contributed by atoms with E-state index in [4.69, 9.17) is 5.73 Å². The Hall–Kier alpha value is -5.35. The summed E-state index contributed by atoms with van der Waals surface area (Å²) in [6, 6.07) is 24.0. The van der Waals surface area contributed by atoms with Gasteiger partial charge in [-0.2, -0.15) is 0 Å². The van der Waals surface area contributed by atoms with Gasteiger partial charge in [-0.25, -0.2) is 4.98 Å². The highest BCUT2D eigenvalue weighted by atomic mass is 32.1. The second kappa shape index (κ2) is 10.5. The molecule has 0 aliphatic carbocycles. The number of thiophene rings is 1. The fourth-order valence-electron chi connectivity index (χ4n) is 5.63. The first kappa shape index (κ1) is 26.5. The van der Waals surface area contributed by atoms with Crippen molar-refractivity contribution in [1.82, 2.24) is 15.3 Å². The van der Waals surface area contributed by atoms with Crippen molar-refractivity contribution in [2.75, 3.05) is 17.2 Å². The van der Waals surface area contributed by atoms with Crippen LogP contribution in [0.1, 0.15) is 27.3 Å². The lowest BCUT2D eigenvalue weighted by Crippen LogP contribution is -2.44. The zero-order chi connectivity index (χ0) is 29.7. The van der Waals surface area contributed by atoms with E-state index in [2.05, 4.69) is 15.3 Å². The monoisotopic (exact) mass is 587 g/mol. The molecule has 0 bridgehead atoms. The number of nitrogens with zero attached hydrogens (tertiary/aromatic N) is 2. The first-order valence-corrected chi connectivity index (χ1v) is 14.7. The average molecular weight is 588 g/mol. The van der Waals surface area contributed by atoms with Gasteiger partial charge in [0.2, 0.25) is 5.82 Å². The van der Waals surface area contributed by atoms with Gasteiger partial charge in [0.25, 0.3) is 22.3 Å². The predicted octanol–water partition coefficient (Wildman–Crippen LogP) is 3.99. The van der Waals surface area contributed by atoms with E-state index in [0.29, 0.717) is 35.4 Å². The van der Waals surface area contributed by atoms with Crippen LogP contribution in [-0.2, 0) is 19.5 Å². The second-order valence-corrected chi connectivity index (χ2v) is 11.4. The van der Waals surface area contributed by atoms with Crippen LogP contribution in [0.2, 0.25) is 0 Å². The molecule has 6 aromatic rings. The van der Waals surface area contributed by atoms with E-state index >= 15 is 0 Å². The summed E-state index contributed by atoms with van der Waals surface area (Å²) in [5, 5.41) is 5.18. The Kier molecular flexibility index (Phi) is 6.47. The molecule has 43 heavy (non-hydrogen) atoms. The third-order valence-corrected chi connectivity index (χ3v) is 8.81. The lowest BCUT2D eigenvalue weighted by Gasteiger charge is -2.32. The van der Waals surface area contributed by atoms with Crippen molar-refractivity contribution < 1.29 is 4.79 Å². The average Bonchev–Trinajstić information content (AvgIpc) is 3.48. The maximum atomic E-state index is 13.1. The Morgan fingerprint density at radius 2 is 1.67 bits per heavy atom. The summed E-state index contributed by atoms with van der Waals surface area (Å²) in [4.78, 5) is 59.1. The molecule has 9 nitrogen and oxygen atoms in total. The van der Waals surface area contributed by atoms with Crippen molar-refractivity contribution in [3.8, 4) is 22.3 Å². The molecule has 0 fully saturated rings. The molecule has 7 rings (SSSR count). The molecule has 3 heterocycles. The number of nitrogen functional groups attached to an aromatic ring is 1. The van der Waals surface area contributed by atoms with Gasteiger partial charge >= 0.3 is 0 Å². The highest BCUT2D eigenvalue weighted by Gasteiger charge is 2.27. The Balaban J connectivity index is 1.06. The minimum absolute atomic E-state index is 0.0224. The molecule has 0 radical (unpaired) electrons. The fraction of sp³-hybridized carbons (Fsp3) is 0.121. The number of hydrogen-bond acceptors (Lipinski definition) is 8. The second-order valence-electron chi connectivity index (χ2n) is 10.6. The molecule has 0 spiro atoms. The number of aromatic nitrogens is 2. The maximum absolute atomic E-state index is 13.1. The summed E-state index contributed by atoms with van der Waals surface area (Å²) < 4.78 is 0. The Morgan fingerprint density at radius 3 is 2.44 bits per heavy atom. The number of aromatic amines is 1. The van der Waals surface area contributed by atoms with E-state index in [9.17, 15) is 19.2 Å². The molecule has 1 aliphatic heterocycles. The number of H-pyrrole nitrogens is 1. The van der Waals surface area contributed by atoms with E-state index in [1.165, 1.54) is 11.3 Å². The minimum Gasteiger partial charge on any atom is -0.394 e. The minimum atomic E-state index is -0.627. The third kappa shape index (κ3) is 4.71. The number of anilines is 2. The van der Waals surface area contributed by atoms with Gasteiger partial charge in [0.05, 0.1) is 5.39 Å². The molecular formula is C33H25N5O4S. The van der Waals surface area contributed by atoms with E-state index in [-0.39, 0.29) is 23.6 Å². The van der Waals surface area contributed by atoms with E-state index in [1.807, 2.05) is 83.1 Å². The highest BCUT2D eigenvalue weighted by molar-refractivity contribution is 7.17. The lowest BCUT2D eigenvalue weighted by atomic mass is 9.96. The summed E-state index contributed by atoms with van der Waals surface area (Å²) in [7, 11) is 0. The fourth-order valence-corrected chi connectivity index (χ4v) is 6.58. The first-order chi connectivity index (χ1) is 20.9. The van der Waals surface area contributed by atoms with E-state index in [0.717, 1.165) is 38.9 Å². The molecule has 1 amide bonds. The van der Waals surface area contributed by atoms with Gasteiger partial charge in [-0.1, -0.05) is 72.8 Å². The van der Waals surface area contributed by atoms with Crippen LogP contribution < -0.4 is 32.4 Å². The number of nitrogens with two attached hydrogens (primary N) is 1. The number of fused-ring (bicyclic) bond motifs is 2. The Morgan fingerprint density at radius 1 is 0.930 bits per heavy atom. The van der Waals surface area contributed by atoms with Crippen LogP contribution in [0.4, 0.5) is 11.4 Å². The zero-order valence-electron chi connectivity index (χ0n) is 22.8. The predicted molar refractivity (Wildman–Crippen MR) is 169 cm³/mol. The Bertz CT molecular complexity index is 2160. The molecule has 0 unspecified atom stereocenters. The van der Waals surface area contributed by atoms with Crippen LogP contribution in [0.3, 0.4) is 0 Å². The van der Waals surface area contributed by atoms with Gasteiger partial charge in [-0.05, 0) is 39.8 Å². The van der Waals surface area contributed by atoms with Crippen LogP contribution in [0.25, 0.3) is 32.5 Å². The third-order valence-electron chi connectivity index (χ3n) is 7.94. The van der Waals surface area contributed by atoms with Crippen molar-refractivity contribution >= 4 is 38.8 Å². The molecule has 2 aromatic heterocycles. The molecule has 0 atom stereocenters. The summed E-state index contributed by atoms with van der Waals surface area (Å²) >= 11 is 1.32. The molecule has 0 saturated carbocycles. The van der Waals surface area contributed by atoms with Gasteiger partial charge in [-0.3, -0.25) is 19.2 Å². The summed E-state index contributed by atoms with van der Waals surface area (Å²) in [6.07, 6.45) is 0.714. The van der Waals surface area contributed by atoms with Gasteiger partial charge in [0.1, 0.15) is 16.2 Å². The van der Waals surface area contributed by atoms with Crippen molar-refractivity contribution in [3.05, 3.63) is 131 Å². The summed E-state index contributed by atoms with van der Waals surface area (Å²) in [5.74, 6) is -0.540. The summed E-state index contributed by atoms with van der Waals surface area (Å²) in [6.45, 7) is 1.27. The SMILES string of the molecule is Nc1c(N2CCc3ccc(CNC(=O)c4nc5scc(-c6ccc(-c7ccccc7)cc6)c5c(=O)[nH]4)cc3C2)c(=O)c1=O. The Labute approximate surface area is 249 Å². The van der Waals surface area contributed by atoms with Crippen molar-refractivity contribution in [1.29, 1.82) is 0 Å².